The van der Waals surface area contributed by atoms with Crippen molar-refractivity contribution in [1.29, 1.82) is 0 Å². The third kappa shape index (κ3) is 3.92. The molecule has 4 N–H and O–H groups in total. The lowest BCUT2D eigenvalue weighted by molar-refractivity contribution is 0.173. The Balaban J connectivity index is 2.10. The van der Waals surface area contributed by atoms with E-state index in [0.29, 0.717) is 12.1 Å². The van der Waals surface area contributed by atoms with Crippen LogP contribution in [-0.4, -0.2) is 56.3 Å². The molecule has 0 saturated carbocycles. The highest BCUT2D eigenvalue weighted by atomic mass is 15.2. The summed E-state index contributed by atoms with van der Waals surface area (Å²) < 4.78 is 0. The number of nitrogens with two attached hydrogens (primary N) is 1. The molecule has 1 heterocycles. The first-order valence-electron chi connectivity index (χ1n) is 5.62. The molecule has 4 nitrogen and oxygen atoms in total. The van der Waals surface area contributed by atoms with Crippen molar-refractivity contribution in [1.82, 2.24) is 15.5 Å². The zero-order valence-electron chi connectivity index (χ0n) is 9.42. The van der Waals surface area contributed by atoms with E-state index in [9.17, 15) is 0 Å². The minimum atomic E-state index is 0.438. The first-order chi connectivity index (χ1) is 6.74. The molecule has 0 aromatic rings. The van der Waals surface area contributed by atoms with Gasteiger partial charge in [0.25, 0.3) is 0 Å². The van der Waals surface area contributed by atoms with Crippen molar-refractivity contribution in [2.24, 2.45) is 5.73 Å². The predicted octanol–water partition coefficient (Wildman–Crippen LogP) is -0.783. The van der Waals surface area contributed by atoms with Gasteiger partial charge in [-0.15, -0.1) is 0 Å². The van der Waals surface area contributed by atoms with Gasteiger partial charge >= 0.3 is 0 Å². The first-order valence-corrected chi connectivity index (χ1v) is 5.62. The summed E-state index contributed by atoms with van der Waals surface area (Å²) >= 11 is 0. The molecule has 0 amide bonds. The van der Waals surface area contributed by atoms with E-state index in [0.717, 1.165) is 32.7 Å². The van der Waals surface area contributed by atoms with Crippen LogP contribution in [0.4, 0.5) is 0 Å². The van der Waals surface area contributed by atoms with E-state index in [1.165, 1.54) is 6.54 Å². The quantitative estimate of drug-likeness (QED) is 0.545. The standard InChI is InChI=1S/C10H24N4/c1-9(7-11)13-4-6-14-5-3-12-8-10(14)2/h9-10,12-13H,3-8,11H2,1-2H3/t9-,10-/m0/s1. The second-order valence-electron chi connectivity index (χ2n) is 4.18. The van der Waals surface area contributed by atoms with Crippen LogP contribution in [-0.2, 0) is 0 Å². The highest BCUT2D eigenvalue weighted by Gasteiger charge is 2.16. The molecule has 1 aliphatic rings. The van der Waals surface area contributed by atoms with Gasteiger partial charge in [-0.2, -0.15) is 0 Å². The Morgan fingerprint density at radius 3 is 3.07 bits per heavy atom. The third-order valence-electron chi connectivity index (χ3n) is 2.88. The molecule has 1 rings (SSSR count). The van der Waals surface area contributed by atoms with E-state index < -0.39 is 0 Å². The minimum absolute atomic E-state index is 0.438. The molecule has 0 spiro atoms. The molecule has 0 aliphatic carbocycles. The van der Waals surface area contributed by atoms with E-state index in [4.69, 9.17) is 5.73 Å². The minimum Gasteiger partial charge on any atom is -0.329 e. The van der Waals surface area contributed by atoms with Crippen LogP contribution >= 0.6 is 0 Å². The molecule has 0 bridgehead atoms. The summed E-state index contributed by atoms with van der Waals surface area (Å²) in [5, 5.41) is 6.81. The molecule has 0 unspecified atom stereocenters. The number of nitrogens with one attached hydrogen (secondary N) is 2. The van der Waals surface area contributed by atoms with Gasteiger partial charge in [-0.25, -0.2) is 0 Å². The molecular formula is C10H24N4. The Kier molecular flexibility index (Phi) is 5.40. The fraction of sp³-hybridized carbons (Fsp3) is 1.00. The molecule has 4 heteroatoms. The molecule has 84 valence electrons. The van der Waals surface area contributed by atoms with Gasteiger partial charge in [-0.3, -0.25) is 4.90 Å². The number of hydrogen-bond acceptors (Lipinski definition) is 4. The Hall–Kier alpha value is -0.160. The second kappa shape index (κ2) is 6.35. The highest BCUT2D eigenvalue weighted by Crippen LogP contribution is 2.00. The Labute approximate surface area is 87.2 Å². The maximum Gasteiger partial charge on any atom is 0.0193 e. The summed E-state index contributed by atoms with van der Waals surface area (Å²) in [6, 6.07) is 1.10. The number of nitrogens with zero attached hydrogens (tertiary/aromatic N) is 1. The van der Waals surface area contributed by atoms with Crippen LogP contribution in [0, 0.1) is 0 Å². The maximum atomic E-state index is 5.53. The van der Waals surface area contributed by atoms with Gasteiger partial charge in [0.2, 0.25) is 0 Å². The SMILES string of the molecule is C[C@@H](CN)NCCN1CCNC[C@@H]1C. The monoisotopic (exact) mass is 200 g/mol. The Bertz CT molecular complexity index is 151. The molecule has 2 atom stereocenters. The van der Waals surface area contributed by atoms with Crippen molar-refractivity contribution < 1.29 is 0 Å². The van der Waals surface area contributed by atoms with E-state index in [1.54, 1.807) is 0 Å². The van der Waals surface area contributed by atoms with E-state index in [2.05, 4.69) is 29.4 Å². The van der Waals surface area contributed by atoms with Gasteiger partial charge in [-0.05, 0) is 13.8 Å². The summed E-state index contributed by atoms with van der Waals surface area (Å²) in [6.45, 7) is 10.7. The van der Waals surface area contributed by atoms with Gasteiger partial charge in [0.05, 0.1) is 0 Å². The van der Waals surface area contributed by atoms with Crippen LogP contribution in [0.1, 0.15) is 13.8 Å². The lowest BCUT2D eigenvalue weighted by atomic mass is 10.2. The van der Waals surface area contributed by atoms with Crippen LogP contribution < -0.4 is 16.4 Å². The summed E-state index contributed by atoms with van der Waals surface area (Å²) in [7, 11) is 0. The predicted molar refractivity (Wildman–Crippen MR) is 60.4 cm³/mol. The van der Waals surface area contributed by atoms with Crippen molar-refractivity contribution >= 4 is 0 Å². The zero-order valence-corrected chi connectivity index (χ0v) is 9.42. The lowest BCUT2D eigenvalue weighted by Crippen LogP contribution is -2.52. The molecule has 14 heavy (non-hydrogen) atoms. The topological polar surface area (TPSA) is 53.3 Å². The van der Waals surface area contributed by atoms with Crippen LogP contribution in [0.15, 0.2) is 0 Å². The Morgan fingerprint density at radius 2 is 2.43 bits per heavy atom. The van der Waals surface area contributed by atoms with Crippen molar-refractivity contribution in [3.63, 3.8) is 0 Å². The smallest absolute Gasteiger partial charge is 0.0193 e. The van der Waals surface area contributed by atoms with E-state index in [-0.39, 0.29) is 0 Å². The highest BCUT2D eigenvalue weighted by molar-refractivity contribution is 4.76. The Morgan fingerprint density at radius 1 is 1.64 bits per heavy atom. The van der Waals surface area contributed by atoms with Crippen LogP contribution in [0.25, 0.3) is 0 Å². The fourth-order valence-electron chi connectivity index (χ4n) is 1.75. The van der Waals surface area contributed by atoms with Crippen LogP contribution in [0.2, 0.25) is 0 Å². The van der Waals surface area contributed by atoms with Crippen LogP contribution in [0.3, 0.4) is 0 Å². The normalized spacial score (nSPS) is 26.4. The number of piperazine rings is 1. The van der Waals surface area contributed by atoms with E-state index in [1.807, 2.05) is 0 Å². The summed E-state index contributed by atoms with van der Waals surface area (Å²) in [5.74, 6) is 0. The third-order valence-corrected chi connectivity index (χ3v) is 2.88. The molecule has 0 aromatic carbocycles. The molecule has 1 saturated heterocycles. The van der Waals surface area contributed by atoms with Crippen molar-refractivity contribution in [2.45, 2.75) is 25.9 Å². The van der Waals surface area contributed by atoms with Crippen LogP contribution in [0.5, 0.6) is 0 Å². The van der Waals surface area contributed by atoms with Gasteiger partial charge in [0, 0.05) is 51.4 Å². The average Bonchev–Trinajstić information content (AvgIpc) is 2.20. The van der Waals surface area contributed by atoms with Gasteiger partial charge < -0.3 is 16.4 Å². The maximum absolute atomic E-state index is 5.53. The van der Waals surface area contributed by atoms with Crippen molar-refractivity contribution in [3.05, 3.63) is 0 Å². The molecule has 0 radical (unpaired) electrons. The number of hydrogen-bond donors (Lipinski definition) is 3. The first kappa shape index (κ1) is 11.9. The van der Waals surface area contributed by atoms with Gasteiger partial charge in [-0.1, -0.05) is 0 Å². The molecular weight excluding hydrogens is 176 g/mol. The molecule has 1 aliphatic heterocycles. The zero-order chi connectivity index (χ0) is 10.4. The number of rotatable bonds is 5. The van der Waals surface area contributed by atoms with Gasteiger partial charge in [0.1, 0.15) is 0 Å². The summed E-state index contributed by atoms with van der Waals surface area (Å²) in [6.07, 6.45) is 0. The molecule has 0 aromatic heterocycles. The summed E-state index contributed by atoms with van der Waals surface area (Å²) in [5.41, 5.74) is 5.53. The largest absolute Gasteiger partial charge is 0.329 e. The van der Waals surface area contributed by atoms with Crippen molar-refractivity contribution in [2.75, 3.05) is 39.3 Å². The van der Waals surface area contributed by atoms with E-state index >= 15 is 0 Å². The lowest BCUT2D eigenvalue weighted by Gasteiger charge is -2.34. The molecule has 1 fully saturated rings. The second-order valence-corrected chi connectivity index (χ2v) is 4.18. The van der Waals surface area contributed by atoms with Crippen molar-refractivity contribution in [3.8, 4) is 0 Å². The fourth-order valence-corrected chi connectivity index (χ4v) is 1.75. The van der Waals surface area contributed by atoms with Gasteiger partial charge in [0.15, 0.2) is 0 Å². The summed E-state index contributed by atoms with van der Waals surface area (Å²) in [4.78, 5) is 2.52. The average molecular weight is 200 g/mol.